The fourth-order valence-electron chi connectivity index (χ4n) is 1.89. The van der Waals surface area contributed by atoms with Crippen molar-refractivity contribution in [1.82, 2.24) is 5.32 Å². The van der Waals surface area contributed by atoms with Crippen molar-refractivity contribution >= 4 is 13.7 Å². The van der Waals surface area contributed by atoms with E-state index in [1.807, 2.05) is 0 Å². The number of hydrogen-bond acceptors (Lipinski definition) is 1. The van der Waals surface area contributed by atoms with Gasteiger partial charge in [0.15, 0.2) is 5.81 Å². The summed E-state index contributed by atoms with van der Waals surface area (Å²) in [4.78, 5) is 10.8. The minimum Gasteiger partial charge on any atom is -0.363 e. The zero-order chi connectivity index (χ0) is 8.81. The molecule has 3 heteroatoms. The highest BCUT2D eigenvalue weighted by Gasteiger charge is 2.10. The van der Waals surface area contributed by atoms with Gasteiger partial charge in [-0.25, -0.2) is 0 Å². The van der Waals surface area contributed by atoms with Gasteiger partial charge in [-0.2, -0.15) is 0 Å². The molecule has 1 aliphatic rings. The molecule has 1 fully saturated rings. The highest BCUT2D eigenvalue weighted by Crippen LogP contribution is 2.16. The zero-order valence-corrected chi connectivity index (χ0v) is 7.94. The average molecular weight is 167 g/mol. The van der Waals surface area contributed by atoms with E-state index in [1.165, 1.54) is 44.9 Å². The second-order valence-electron chi connectivity index (χ2n) is 3.74. The van der Waals surface area contributed by atoms with Crippen LogP contribution in [0.5, 0.6) is 0 Å². The largest absolute Gasteiger partial charge is 0.363 e. The van der Waals surface area contributed by atoms with Gasteiger partial charge in [0.2, 0.25) is 7.85 Å². The second kappa shape index (κ2) is 5.23. The van der Waals surface area contributed by atoms with E-state index in [0.717, 1.165) is 0 Å². The molecule has 0 spiro atoms. The van der Waals surface area contributed by atoms with Gasteiger partial charge >= 0.3 is 0 Å². The van der Waals surface area contributed by atoms with Crippen LogP contribution in [0.1, 0.15) is 44.9 Å². The number of carbonyl (C=O) groups excluding carboxylic acids is 1. The molecular formula is C9H18BNO. The predicted molar refractivity (Wildman–Crippen MR) is 53.2 cm³/mol. The molecule has 0 aromatic heterocycles. The minimum atomic E-state index is 0.126. The van der Waals surface area contributed by atoms with Crippen molar-refractivity contribution < 1.29 is 4.79 Å². The van der Waals surface area contributed by atoms with Crippen molar-refractivity contribution in [3.8, 4) is 0 Å². The summed E-state index contributed by atoms with van der Waals surface area (Å²) in [5.41, 5.74) is 0. The van der Waals surface area contributed by atoms with Crippen LogP contribution in [-0.4, -0.2) is 19.7 Å². The average Bonchev–Trinajstić information content (AvgIpc) is 1.93. The second-order valence-corrected chi connectivity index (χ2v) is 3.74. The Morgan fingerprint density at radius 1 is 1.08 bits per heavy atom. The Balaban J connectivity index is 2.24. The van der Waals surface area contributed by atoms with E-state index >= 15 is 0 Å². The first-order valence-electron chi connectivity index (χ1n) is 5.06. The van der Waals surface area contributed by atoms with Crippen molar-refractivity contribution in [1.29, 1.82) is 0 Å². The minimum absolute atomic E-state index is 0.126. The van der Waals surface area contributed by atoms with Gasteiger partial charge in [-0.3, -0.25) is 4.79 Å². The number of nitrogens with one attached hydrogen (secondary N) is 1. The molecule has 1 rings (SSSR count). The van der Waals surface area contributed by atoms with Gasteiger partial charge in [0.1, 0.15) is 0 Å². The van der Waals surface area contributed by atoms with E-state index in [2.05, 4.69) is 5.32 Å². The summed E-state index contributed by atoms with van der Waals surface area (Å²) in [6.07, 6.45) is 8.99. The van der Waals surface area contributed by atoms with Crippen LogP contribution in [0.2, 0.25) is 0 Å². The van der Waals surface area contributed by atoms with Gasteiger partial charge in [0, 0.05) is 6.04 Å². The Kier molecular flexibility index (Phi) is 4.19. The van der Waals surface area contributed by atoms with Gasteiger partial charge in [0.05, 0.1) is 0 Å². The van der Waals surface area contributed by atoms with Crippen LogP contribution in [0.25, 0.3) is 0 Å². The van der Waals surface area contributed by atoms with E-state index < -0.39 is 0 Å². The van der Waals surface area contributed by atoms with Gasteiger partial charge in [0.25, 0.3) is 0 Å². The van der Waals surface area contributed by atoms with Crippen LogP contribution in [0, 0.1) is 0 Å². The number of hydrogen-bond donors (Lipinski definition) is 1. The fraction of sp³-hybridized carbons (Fsp3) is 0.889. The lowest BCUT2D eigenvalue weighted by Gasteiger charge is -2.20. The van der Waals surface area contributed by atoms with Crippen molar-refractivity contribution in [3.63, 3.8) is 0 Å². The van der Waals surface area contributed by atoms with Crippen LogP contribution < -0.4 is 5.32 Å². The van der Waals surface area contributed by atoms with Crippen LogP contribution in [0.15, 0.2) is 0 Å². The topological polar surface area (TPSA) is 29.1 Å². The molecule has 0 heterocycles. The van der Waals surface area contributed by atoms with Crippen LogP contribution >= 0.6 is 0 Å². The van der Waals surface area contributed by atoms with E-state index in [9.17, 15) is 4.79 Å². The van der Waals surface area contributed by atoms with Gasteiger partial charge in [-0.05, 0) is 12.8 Å². The summed E-state index contributed by atoms with van der Waals surface area (Å²) < 4.78 is 0. The maximum absolute atomic E-state index is 10.8. The van der Waals surface area contributed by atoms with Crippen molar-refractivity contribution in [2.24, 2.45) is 0 Å². The maximum Gasteiger partial charge on any atom is 0.215 e. The van der Waals surface area contributed by atoms with Gasteiger partial charge < -0.3 is 5.32 Å². The third-order valence-electron chi connectivity index (χ3n) is 2.51. The first kappa shape index (κ1) is 9.62. The normalized spacial score (nSPS) is 21.0. The first-order chi connectivity index (χ1) is 5.79. The lowest BCUT2D eigenvalue weighted by atomic mass is 9.96. The summed E-state index contributed by atoms with van der Waals surface area (Å²) >= 11 is 0. The number of rotatable bonds is 1. The monoisotopic (exact) mass is 167 g/mol. The van der Waals surface area contributed by atoms with Gasteiger partial charge in [-0.1, -0.05) is 32.1 Å². The van der Waals surface area contributed by atoms with Crippen molar-refractivity contribution in [2.45, 2.75) is 51.0 Å². The predicted octanol–water partition coefficient (Wildman–Crippen LogP) is 1.44. The Bertz CT molecular complexity index is 141. The molecule has 0 saturated heterocycles. The molecule has 2 nitrogen and oxygen atoms in total. The number of amides is 1. The first-order valence-corrected chi connectivity index (χ1v) is 5.06. The molecule has 0 aliphatic heterocycles. The molecule has 1 saturated carbocycles. The van der Waals surface area contributed by atoms with Crippen LogP contribution in [0.4, 0.5) is 4.79 Å². The molecule has 1 amide bonds. The molecule has 68 valence electrons. The fourth-order valence-corrected chi connectivity index (χ4v) is 1.89. The SMILES string of the molecule is BC(=O)NC1CCCCCCC1. The van der Waals surface area contributed by atoms with Crippen LogP contribution in [0.3, 0.4) is 0 Å². The van der Waals surface area contributed by atoms with E-state index in [4.69, 9.17) is 0 Å². The molecule has 0 radical (unpaired) electrons. The molecule has 0 bridgehead atoms. The molecule has 1 aliphatic carbocycles. The molecule has 1 N–H and O–H groups in total. The number of carbonyl (C=O) groups is 1. The van der Waals surface area contributed by atoms with Crippen molar-refractivity contribution in [3.05, 3.63) is 0 Å². The third kappa shape index (κ3) is 3.79. The lowest BCUT2D eigenvalue weighted by molar-refractivity contribution is 0.253. The van der Waals surface area contributed by atoms with E-state index in [-0.39, 0.29) is 5.81 Å². The lowest BCUT2D eigenvalue weighted by Crippen LogP contribution is -2.34. The summed E-state index contributed by atoms with van der Waals surface area (Å²) in [5.74, 6) is 0.126. The Hall–Kier alpha value is -0.465. The standard InChI is InChI=1S/C9H18BNO/c10-9(12)11-8-6-4-2-1-3-5-7-8/h8H,1-7,10H2,(H,11,12). The van der Waals surface area contributed by atoms with Crippen LogP contribution in [-0.2, 0) is 0 Å². The quantitative estimate of drug-likeness (QED) is 0.588. The van der Waals surface area contributed by atoms with E-state index in [1.54, 1.807) is 7.85 Å². The summed E-state index contributed by atoms with van der Waals surface area (Å²) in [5, 5.41) is 3.01. The Morgan fingerprint density at radius 3 is 2.08 bits per heavy atom. The van der Waals surface area contributed by atoms with Crippen molar-refractivity contribution in [2.75, 3.05) is 0 Å². The molecule has 12 heavy (non-hydrogen) atoms. The maximum atomic E-state index is 10.8. The highest BCUT2D eigenvalue weighted by molar-refractivity contribution is 6.57. The van der Waals surface area contributed by atoms with Gasteiger partial charge in [-0.15, -0.1) is 0 Å². The molecule has 0 atom stereocenters. The summed E-state index contributed by atoms with van der Waals surface area (Å²) in [6.45, 7) is 0. The van der Waals surface area contributed by atoms with E-state index in [0.29, 0.717) is 6.04 Å². The molecule has 0 unspecified atom stereocenters. The summed E-state index contributed by atoms with van der Waals surface area (Å²) in [6, 6.07) is 0.461. The Labute approximate surface area is 75.5 Å². The smallest absolute Gasteiger partial charge is 0.215 e. The third-order valence-corrected chi connectivity index (χ3v) is 2.51. The molecular weight excluding hydrogens is 149 g/mol. The zero-order valence-electron chi connectivity index (χ0n) is 7.94. The molecule has 0 aromatic carbocycles. The molecule has 0 aromatic rings. The summed E-state index contributed by atoms with van der Waals surface area (Å²) in [7, 11) is 1.61. The highest BCUT2D eigenvalue weighted by atomic mass is 16.1. The Morgan fingerprint density at radius 2 is 1.58 bits per heavy atom.